The van der Waals surface area contributed by atoms with Gasteiger partial charge in [-0.25, -0.2) is 0 Å². The van der Waals surface area contributed by atoms with Crippen LogP contribution in [0.1, 0.15) is 5.56 Å². The minimum Gasteiger partial charge on any atom is -0.769 e. The van der Waals surface area contributed by atoms with E-state index in [0.717, 1.165) is 11.6 Å². The zero-order chi connectivity index (χ0) is 16.8. The van der Waals surface area contributed by atoms with Crippen LogP contribution in [0.25, 0.3) is 5.57 Å². The third-order valence-corrected chi connectivity index (χ3v) is 2.96. The monoisotopic (exact) mass is 314 g/mol. The Labute approximate surface area is 132 Å². The molecule has 0 bridgehead atoms. The van der Waals surface area contributed by atoms with E-state index in [2.05, 4.69) is 17.1 Å². The first-order chi connectivity index (χ1) is 11.0. The number of hydrogen-bond acceptors (Lipinski definition) is 8. The maximum absolute atomic E-state index is 10.7. The molecule has 0 aromatic heterocycles. The van der Waals surface area contributed by atoms with Gasteiger partial charge in [-0.2, -0.15) is 5.10 Å². The Morgan fingerprint density at radius 3 is 2.43 bits per heavy atom. The van der Waals surface area contributed by atoms with Crippen molar-refractivity contribution in [2.75, 3.05) is 15.9 Å². The number of rotatable bonds is 6. The average molecular weight is 314 g/mol. The van der Waals surface area contributed by atoms with Crippen LogP contribution in [0.2, 0.25) is 0 Å². The number of nitrogens with one attached hydrogen (secondary N) is 1. The molecule has 0 aliphatic rings. The van der Waals surface area contributed by atoms with Gasteiger partial charge in [-0.15, -0.1) is 5.23 Å². The van der Waals surface area contributed by atoms with E-state index in [0.29, 0.717) is 5.57 Å². The van der Waals surface area contributed by atoms with Gasteiger partial charge in [-0.05, 0) is 29.3 Å². The largest absolute Gasteiger partial charge is 0.769 e. The summed E-state index contributed by atoms with van der Waals surface area (Å²) in [5.41, 5.74) is 3.80. The van der Waals surface area contributed by atoms with Crippen molar-refractivity contribution in [2.24, 2.45) is 5.10 Å². The van der Waals surface area contributed by atoms with E-state index < -0.39 is 5.23 Å². The Hall–Kier alpha value is -2.91. The second-order valence-corrected chi connectivity index (χ2v) is 4.51. The molecule has 0 aliphatic carbocycles. The second-order valence-electron chi connectivity index (χ2n) is 4.51. The first kappa shape index (κ1) is 16.5. The molecular weight excluding hydrogens is 300 g/mol. The molecule has 23 heavy (non-hydrogen) atoms. The Kier molecular flexibility index (Phi) is 5.28. The first-order valence-electron chi connectivity index (χ1n) is 6.49. The lowest BCUT2D eigenvalue weighted by Crippen LogP contribution is -2.14. The maximum Gasteiger partial charge on any atom is 0.121 e. The standard InChI is InChI=1S/C15H14N4O4/c1-11(12-5-3-2-4-6-12)10-16-17-14-8-7-13(18(20)21)9-15(14)19(22)23/h2-10,17,22-23H,1H2/q-2. The van der Waals surface area contributed by atoms with Crippen LogP contribution >= 0.6 is 0 Å². The van der Waals surface area contributed by atoms with Gasteiger partial charge in [0.25, 0.3) is 0 Å². The molecule has 8 heteroatoms. The van der Waals surface area contributed by atoms with Gasteiger partial charge in [-0.3, -0.25) is 15.8 Å². The fourth-order valence-electron chi connectivity index (χ4n) is 1.80. The third-order valence-electron chi connectivity index (χ3n) is 2.96. The van der Waals surface area contributed by atoms with Gasteiger partial charge < -0.3 is 15.6 Å². The van der Waals surface area contributed by atoms with E-state index in [1.807, 2.05) is 30.3 Å². The minimum atomic E-state index is -0.642. The Morgan fingerprint density at radius 2 is 1.83 bits per heavy atom. The van der Waals surface area contributed by atoms with Gasteiger partial charge in [0, 0.05) is 5.69 Å². The first-order valence-corrected chi connectivity index (χ1v) is 6.49. The van der Waals surface area contributed by atoms with E-state index in [4.69, 9.17) is 10.4 Å². The van der Waals surface area contributed by atoms with Crippen molar-refractivity contribution >= 4 is 28.8 Å². The zero-order valence-electron chi connectivity index (χ0n) is 12.0. The number of allylic oxidation sites excluding steroid dienone is 1. The maximum atomic E-state index is 10.7. The number of benzene rings is 2. The number of anilines is 3. The van der Waals surface area contributed by atoms with Crippen molar-refractivity contribution in [1.82, 2.24) is 0 Å². The Balaban J connectivity index is 2.14. The quantitative estimate of drug-likeness (QED) is 0.553. The molecule has 0 unspecified atom stereocenters. The molecule has 0 saturated heterocycles. The van der Waals surface area contributed by atoms with E-state index in [1.54, 1.807) is 0 Å². The summed E-state index contributed by atoms with van der Waals surface area (Å²) in [5.74, 6) is 0. The van der Waals surface area contributed by atoms with Crippen LogP contribution in [-0.4, -0.2) is 16.6 Å². The molecule has 120 valence electrons. The van der Waals surface area contributed by atoms with Crippen molar-refractivity contribution in [3.63, 3.8) is 0 Å². The summed E-state index contributed by atoms with van der Waals surface area (Å²) < 4.78 is 0. The summed E-state index contributed by atoms with van der Waals surface area (Å²) in [7, 11) is 0. The molecule has 0 atom stereocenters. The zero-order valence-corrected chi connectivity index (χ0v) is 12.0. The third kappa shape index (κ3) is 4.28. The molecular formula is C15H14N4O4-2. The van der Waals surface area contributed by atoms with Gasteiger partial charge in [0.15, 0.2) is 0 Å². The Morgan fingerprint density at radius 1 is 1.13 bits per heavy atom. The van der Waals surface area contributed by atoms with Gasteiger partial charge >= 0.3 is 0 Å². The SMILES string of the molecule is C=C(C=NNc1ccc(N([O-])[O-])cc1N(O)O)c1ccccc1. The molecule has 0 fully saturated rings. The molecule has 0 spiro atoms. The molecule has 2 aromatic rings. The van der Waals surface area contributed by atoms with Crippen LogP contribution in [-0.2, 0) is 0 Å². The van der Waals surface area contributed by atoms with Crippen LogP contribution < -0.4 is 15.9 Å². The number of hydrazone groups is 1. The van der Waals surface area contributed by atoms with Crippen LogP contribution in [0, 0.1) is 10.4 Å². The molecule has 2 rings (SSSR count). The summed E-state index contributed by atoms with van der Waals surface area (Å²) in [6, 6.07) is 12.9. The normalized spacial score (nSPS) is 10.6. The highest BCUT2D eigenvalue weighted by atomic mass is 16.8. The minimum absolute atomic E-state index is 0.178. The molecule has 0 amide bonds. The average Bonchev–Trinajstić information content (AvgIpc) is 2.55. The highest BCUT2D eigenvalue weighted by Crippen LogP contribution is 2.29. The van der Waals surface area contributed by atoms with Crippen LogP contribution in [0.3, 0.4) is 0 Å². The fraction of sp³-hybridized carbons (Fsp3) is 0. The van der Waals surface area contributed by atoms with Crippen LogP contribution in [0.5, 0.6) is 0 Å². The van der Waals surface area contributed by atoms with E-state index in [1.165, 1.54) is 18.3 Å². The lowest BCUT2D eigenvalue weighted by atomic mass is 10.1. The predicted molar refractivity (Wildman–Crippen MR) is 89.3 cm³/mol. The topological polar surface area (TPSA) is 117 Å². The van der Waals surface area contributed by atoms with E-state index in [9.17, 15) is 10.4 Å². The summed E-state index contributed by atoms with van der Waals surface area (Å²) in [6.45, 7) is 3.86. The van der Waals surface area contributed by atoms with E-state index in [-0.39, 0.29) is 22.3 Å². The molecule has 0 aliphatic heterocycles. The van der Waals surface area contributed by atoms with Crippen molar-refractivity contribution < 1.29 is 10.4 Å². The lowest BCUT2D eigenvalue weighted by Gasteiger charge is -2.37. The summed E-state index contributed by atoms with van der Waals surface area (Å²) in [6.07, 6.45) is 1.46. The summed E-state index contributed by atoms with van der Waals surface area (Å²) in [5, 5.41) is 42.8. The predicted octanol–water partition coefficient (Wildman–Crippen LogP) is 3.18. The Bertz CT molecular complexity index is 702. The van der Waals surface area contributed by atoms with Gasteiger partial charge in [-0.1, -0.05) is 36.9 Å². The molecule has 0 heterocycles. The molecule has 0 radical (unpaired) electrons. The van der Waals surface area contributed by atoms with Crippen LogP contribution in [0.15, 0.2) is 60.2 Å². The smallest absolute Gasteiger partial charge is 0.121 e. The number of hydrogen-bond donors (Lipinski definition) is 3. The van der Waals surface area contributed by atoms with Gasteiger partial charge in [0.05, 0.1) is 11.9 Å². The van der Waals surface area contributed by atoms with Crippen molar-refractivity contribution in [1.29, 1.82) is 0 Å². The van der Waals surface area contributed by atoms with Crippen molar-refractivity contribution in [3.8, 4) is 0 Å². The number of nitrogens with zero attached hydrogens (tertiary/aromatic N) is 3. The highest BCUT2D eigenvalue weighted by molar-refractivity contribution is 6.08. The summed E-state index contributed by atoms with van der Waals surface area (Å²) >= 11 is 0. The van der Waals surface area contributed by atoms with Crippen molar-refractivity contribution in [2.45, 2.75) is 0 Å². The molecule has 0 saturated carbocycles. The van der Waals surface area contributed by atoms with Crippen LogP contribution in [0.4, 0.5) is 17.1 Å². The molecule has 2 aromatic carbocycles. The fourth-order valence-corrected chi connectivity index (χ4v) is 1.80. The second kappa shape index (κ2) is 7.38. The highest BCUT2D eigenvalue weighted by Gasteiger charge is 2.08. The van der Waals surface area contributed by atoms with E-state index >= 15 is 0 Å². The summed E-state index contributed by atoms with van der Waals surface area (Å²) in [4.78, 5) is 0. The lowest BCUT2D eigenvalue weighted by molar-refractivity contribution is 0.0295. The molecule has 3 N–H and O–H groups in total. The van der Waals surface area contributed by atoms with Gasteiger partial charge in [0.1, 0.15) is 5.69 Å². The molecule has 8 nitrogen and oxygen atoms in total. The van der Waals surface area contributed by atoms with Gasteiger partial charge in [0.2, 0.25) is 0 Å². The van der Waals surface area contributed by atoms with Crippen molar-refractivity contribution in [3.05, 3.63) is 71.1 Å².